The van der Waals surface area contributed by atoms with Crippen molar-refractivity contribution in [1.29, 1.82) is 0 Å². The Hall–Kier alpha value is -3.48. The lowest BCUT2D eigenvalue weighted by atomic mass is 10.3. The largest absolute Gasteiger partial charge is 0.478 e. The van der Waals surface area contributed by atoms with E-state index in [1.807, 2.05) is 0 Å². The third-order valence-electron chi connectivity index (χ3n) is 5.66. The Balaban J connectivity index is 0.000000230. The number of ether oxygens (including phenoxy) is 2. The Labute approximate surface area is 308 Å². The Morgan fingerprint density at radius 2 is 1.37 bits per heavy atom. The van der Waals surface area contributed by atoms with E-state index in [9.17, 15) is 21.2 Å². The van der Waals surface area contributed by atoms with Crippen LogP contribution in [0.3, 0.4) is 0 Å². The van der Waals surface area contributed by atoms with Gasteiger partial charge in [0.25, 0.3) is 31.8 Å². The van der Waals surface area contributed by atoms with E-state index in [-0.39, 0.29) is 65.4 Å². The van der Waals surface area contributed by atoms with Crippen LogP contribution in [0.4, 0.5) is 16.0 Å². The number of nitrogens with zero attached hydrogens (tertiary/aromatic N) is 5. The first-order valence-corrected chi connectivity index (χ1v) is 18.1. The van der Waals surface area contributed by atoms with Gasteiger partial charge in [-0.15, -0.1) is 0 Å². The molecule has 0 bridgehead atoms. The number of rotatable bonds is 10. The molecular weight excluding hydrogens is 814 g/mol. The first-order valence-electron chi connectivity index (χ1n) is 12.9. The predicted molar refractivity (Wildman–Crippen MR) is 184 cm³/mol. The van der Waals surface area contributed by atoms with Crippen LogP contribution in [-0.2, 0) is 26.7 Å². The molecule has 0 amide bonds. The van der Waals surface area contributed by atoms with Gasteiger partial charge in [0.05, 0.1) is 28.4 Å². The molecule has 0 unspecified atom stereocenters. The molecule has 13 nitrogen and oxygen atoms in total. The topological polar surface area (TPSA) is 175 Å². The number of aromatic nitrogens is 5. The lowest BCUT2D eigenvalue weighted by Crippen LogP contribution is -2.16. The molecule has 0 atom stereocenters. The molecule has 258 valence electrons. The third-order valence-corrected chi connectivity index (χ3v) is 10.4. The second kappa shape index (κ2) is 16.5. The summed E-state index contributed by atoms with van der Waals surface area (Å²) in [4.78, 5) is 18.5. The predicted octanol–water partition coefficient (Wildman–Crippen LogP) is 7.60. The summed E-state index contributed by atoms with van der Waals surface area (Å²) in [6, 6.07) is 11.3. The second-order valence-electron chi connectivity index (χ2n) is 8.97. The van der Waals surface area contributed by atoms with Crippen LogP contribution in [0.5, 0.6) is 11.8 Å². The Morgan fingerprint density at radius 3 is 2.04 bits per heavy atom. The van der Waals surface area contributed by atoms with Crippen molar-refractivity contribution in [3.63, 3.8) is 0 Å². The van der Waals surface area contributed by atoms with Gasteiger partial charge < -0.3 is 9.47 Å². The monoisotopic (exact) mass is 829 g/mol. The molecule has 2 aromatic carbocycles. The summed E-state index contributed by atoms with van der Waals surface area (Å²) in [5.41, 5.74) is 0.724. The van der Waals surface area contributed by atoms with Crippen molar-refractivity contribution >= 4 is 101 Å². The van der Waals surface area contributed by atoms with Gasteiger partial charge in [0.15, 0.2) is 21.3 Å². The van der Waals surface area contributed by atoms with E-state index in [1.54, 1.807) is 24.5 Å². The molecule has 0 aliphatic heterocycles. The number of hydrogen-bond donors (Lipinski definition) is 2. The van der Waals surface area contributed by atoms with E-state index in [4.69, 9.17) is 79.1 Å². The fourth-order valence-corrected chi connectivity index (χ4v) is 6.97. The van der Waals surface area contributed by atoms with Crippen LogP contribution < -0.4 is 18.9 Å². The third kappa shape index (κ3) is 9.82. The number of nitrogens with one attached hydrogen (secondary N) is 2. The Morgan fingerprint density at radius 1 is 0.735 bits per heavy atom. The molecule has 0 aliphatic rings. The van der Waals surface area contributed by atoms with Crippen molar-refractivity contribution in [2.75, 3.05) is 16.6 Å². The zero-order valence-corrected chi connectivity index (χ0v) is 30.4. The van der Waals surface area contributed by atoms with Crippen molar-refractivity contribution < 1.29 is 30.7 Å². The molecule has 0 aliphatic carbocycles. The molecule has 49 heavy (non-hydrogen) atoms. The number of hydrogen-bond acceptors (Lipinski definition) is 11. The lowest BCUT2D eigenvalue weighted by molar-refractivity contribution is 0.294. The first kappa shape index (κ1) is 38.3. The summed E-state index contributed by atoms with van der Waals surface area (Å²) in [5.74, 6) is -1.85. The summed E-state index contributed by atoms with van der Waals surface area (Å²) >= 11 is 34.9. The molecule has 5 aromatic rings. The standard InChI is InChI=1S/C16H10Cl4N4O3S.C11H8Cl2FN3O3S/c17-10-4-1-5-11(12(10)18)28(25,26)24-15-16(23-14(20)13(19)22-15)27-8-9-3-2-6-21-7-9;1-20-11-10(15-5-8(13)16-11)17-21(18,19)7-4-2-3-6(12)9(7)14/h1-7H,8H2,(H,22,24);2-5H,1H3,(H,15,17). The van der Waals surface area contributed by atoms with Crippen molar-refractivity contribution in [1.82, 2.24) is 24.9 Å². The highest BCUT2D eigenvalue weighted by Gasteiger charge is 2.25. The van der Waals surface area contributed by atoms with Crippen LogP contribution in [0.25, 0.3) is 0 Å². The maximum absolute atomic E-state index is 13.8. The molecule has 0 fully saturated rings. The molecule has 2 N–H and O–H groups in total. The minimum Gasteiger partial charge on any atom is -0.478 e. The summed E-state index contributed by atoms with van der Waals surface area (Å²) in [5, 5.41) is -0.701. The van der Waals surface area contributed by atoms with Gasteiger partial charge in [-0.1, -0.05) is 87.8 Å². The minimum atomic E-state index is -4.25. The van der Waals surface area contributed by atoms with Crippen molar-refractivity contribution in [2.45, 2.75) is 16.4 Å². The average Bonchev–Trinajstić information content (AvgIpc) is 3.05. The fourth-order valence-electron chi connectivity index (χ4n) is 3.49. The van der Waals surface area contributed by atoms with E-state index in [2.05, 4.69) is 34.4 Å². The highest BCUT2D eigenvalue weighted by Crippen LogP contribution is 2.33. The van der Waals surface area contributed by atoms with Gasteiger partial charge in [0.1, 0.15) is 16.4 Å². The van der Waals surface area contributed by atoms with Crippen LogP contribution >= 0.6 is 69.6 Å². The molecular formula is C27H18Cl6FN7O6S2. The summed E-state index contributed by atoms with van der Waals surface area (Å²) in [7, 11) is -7.15. The van der Waals surface area contributed by atoms with E-state index in [1.165, 1.54) is 37.4 Å². The molecule has 5 rings (SSSR count). The molecule has 0 saturated carbocycles. The quantitative estimate of drug-likeness (QED) is 0.142. The number of halogens is 7. The van der Waals surface area contributed by atoms with Gasteiger partial charge >= 0.3 is 0 Å². The Bertz CT molecular complexity index is 2210. The zero-order valence-electron chi connectivity index (χ0n) is 24.2. The van der Waals surface area contributed by atoms with E-state index >= 15 is 0 Å². The number of benzene rings is 2. The fraction of sp³-hybridized carbons (Fsp3) is 0.0741. The van der Waals surface area contributed by atoms with Crippen molar-refractivity contribution in [2.24, 2.45) is 0 Å². The van der Waals surface area contributed by atoms with Gasteiger partial charge in [0.2, 0.25) is 11.6 Å². The van der Waals surface area contributed by atoms with Gasteiger partial charge in [-0.3, -0.25) is 14.4 Å². The van der Waals surface area contributed by atoms with Gasteiger partial charge in [0, 0.05) is 18.0 Å². The summed E-state index contributed by atoms with van der Waals surface area (Å²) < 4.78 is 78.3. The van der Waals surface area contributed by atoms with Crippen LogP contribution in [0.15, 0.2) is 76.9 Å². The normalized spacial score (nSPS) is 11.3. The molecule has 0 spiro atoms. The molecule has 22 heteroatoms. The molecule has 0 radical (unpaired) electrons. The second-order valence-corrected chi connectivity index (χ2v) is 14.6. The minimum absolute atomic E-state index is 0.0173. The highest BCUT2D eigenvalue weighted by molar-refractivity contribution is 7.93. The van der Waals surface area contributed by atoms with Crippen LogP contribution in [0.2, 0.25) is 30.5 Å². The van der Waals surface area contributed by atoms with E-state index in [0.717, 1.165) is 17.8 Å². The zero-order chi connectivity index (χ0) is 35.9. The average molecular weight is 832 g/mol. The van der Waals surface area contributed by atoms with Crippen LogP contribution in [0, 0.1) is 5.82 Å². The molecule has 0 saturated heterocycles. The molecule has 3 aromatic heterocycles. The van der Waals surface area contributed by atoms with E-state index < -0.39 is 30.8 Å². The Kier molecular flexibility index (Phi) is 12.9. The SMILES string of the molecule is COc1nc(Cl)cnc1NS(=O)(=O)c1cccc(Cl)c1F.O=S(=O)(Nc1nc(Cl)c(Cl)nc1OCc1cccnc1)c1cccc(Cl)c1Cl. The van der Waals surface area contributed by atoms with Gasteiger partial charge in [-0.25, -0.2) is 31.2 Å². The number of methoxy groups -OCH3 is 1. The highest BCUT2D eigenvalue weighted by atomic mass is 35.5. The maximum Gasteiger partial charge on any atom is 0.266 e. The van der Waals surface area contributed by atoms with Crippen molar-refractivity contribution in [3.8, 4) is 11.8 Å². The first-order chi connectivity index (χ1) is 23.1. The van der Waals surface area contributed by atoms with Gasteiger partial charge in [-0.05, 0) is 30.3 Å². The number of sulfonamides is 2. The molecule has 3 heterocycles. The summed E-state index contributed by atoms with van der Waals surface area (Å²) in [6.07, 6.45) is 4.31. The van der Waals surface area contributed by atoms with Crippen molar-refractivity contribution in [3.05, 3.63) is 109 Å². The summed E-state index contributed by atoms with van der Waals surface area (Å²) in [6.45, 7) is 0.0487. The van der Waals surface area contributed by atoms with Crippen LogP contribution in [0.1, 0.15) is 5.56 Å². The lowest BCUT2D eigenvalue weighted by Gasteiger charge is -2.13. The number of anilines is 2. The maximum atomic E-state index is 13.8. The smallest absolute Gasteiger partial charge is 0.266 e. The number of pyridine rings is 1. The van der Waals surface area contributed by atoms with E-state index in [0.29, 0.717) is 0 Å². The van der Waals surface area contributed by atoms with Crippen LogP contribution in [-0.4, -0.2) is 48.9 Å². The van der Waals surface area contributed by atoms with Gasteiger partial charge in [-0.2, -0.15) is 9.97 Å².